The molecule has 0 heterocycles. The first-order chi connectivity index (χ1) is 8.52. The van der Waals surface area contributed by atoms with Gasteiger partial charge in [-0.1, -0.05) is 6.07 Å². The van der Waals surface area contributed by atoms with Crippen molar-refractivity contribution in [2.45, 2.75) is 26.8 Å². The topological polar surface area (TPSA) is 29.5 Å². The van der Waals surface area contributed by atoms with Gasteiger partial charge >= 0.3 is 0 Å². The van der Waals surface area contributed by atoms with Gasteiger partial charge in [0.1, 0.15) is 5.82 Å². The van der Waals surface area contributed by atoms with Gasteiger partial charge in [-0.15, -0.1) is 0 Å². The highest BCUT2D eigenvalue weighted by molar-refractivity contribution is 5.99. The molecule has 0 amide bonds. The predicted octanol–water partition coefficient (Wildman–Crippen LogP) is 2.89. The summed E-state index contributed by atoms with van der Waals surface area (Å²) in [5, 5.41) is 0. The zero-order valence-electron chi connectivity index (χ0n) is 11.4. The lowest BCUT2D eigenvalue weighted by atomic mass is 10.1. The molecule has 0 aliphatic rings. The Kier molecular flexibility index (Phi) is 5.28. The van der Waals surface area contributed by atoms with Gasteiger partial charge < -0.3 is 9.64 Å². The molecule has 1 aromatic carbocycles. The molecule has 4 heteroatoms. The molecular weight excluding hydrogens is 233 g/mol. The molecule has 0 aromatic heterocycles. The SMILES string of the molecule is CCN(c1c(F)cccc1C(C)=O)C(C)COC. The highest BCUT2D eigenvalue weighted by Crippen LogP contribution is 2.26. The second-order valence-corrected chi connectivity index (χ2v) is 4.28. The first-order valence-electron chi connectivity index (χ1n) is 6.07. The number of carbonyl (C=O) groups is 1. The third-order valence-corrected chi connectivity index (χ3v) is 2.93. The number of carbonyl (C=O) groups excluding carboxylic acids is 1. The lowest BCUT2D eigenvalue weighted by molar-refractivity contribution is 0.101. The molecule has 0 radical (unpaired) electrons. The van der Waals surface area contributed by atoms with Crippen LogP contribution < -0.4 is 4.90 Å². The smallest absolute Gasteiger partial charge is 0.161 e. The molecule has 0 spiro atoms. The summed E-state index contributed by atoms with van der Waals surface area (Å²) < 4.78 is 19.1. The molecule has 1 unspecified atom stereocenters. The summed E-state index contributed by atoms with van der Waals surface area (Å²) in [6.45, 7) is 6.43. The predicted molar refractivity (Wildman–Crippen MR) is 70.8 cm³/mol. The average Bonchev–Trinajstić information content (AvgIpc) is 2.32. The Morgan fingerprint density at radius 2 is 2.17 bits per heavy atom. The zero-order chi connectivity index (χ0) is 13.7. The number of nitrogens with zero attached hydrogens (tertiary/aromatic N) is 1. The van der Waals surface area contributed by atoms with Gasteiger partial charge in [-0.05, 0) is 32.9 Å². The number of ether oxygens (including phenoxy) is 1. The summed E-state index contributed by atoms with van der Waals surface area (Å²) in [7, 11) is 1.61. The van der Waals surface area contributed by atoms with Crippen LogP contribution in [0.2, 0.25) is 0 Å². The fourth-order valence-electron chi connectivity index (χ4n) is 2.11. The Morgan fingerprint density at radius 1 is 1.50 bits per heavy atom. The van der Waals surface area contributed by atoms with Crippen molar-refractivity contribution in [1.29, 1.82) is 0 Å². The maximum atomic E-state index is 14.0. The lowest BCUT2D eigenvalue weighted by Crippen LogP contribution is -2.37. The Bertz CT molecular complexity index is 420. The lowest BCUT2D eigenvalue weighted by Gasteiger charge is -2.31. The standard InChI is InChI=1S/C14H20FNO2/c1-5-16(10(2)9-18-4)14-12(11(3)17)7-6-8-13(14)15/h6-8,10H,5,9H2,1-4H3. The number of ketones is 1. The number of benzene rings is 1. The minimum atomic E-state index is -0.368. The van der Waals surface area contributed by atoms with Crippen molar-refractivity contribution in [1.82, 2.24) is 0 Å². The number of methoxy groups -OCH3 is 1. The van der Waals surface area contributed by atoms with E-state index in [1.165, 1.54) is 13.0 Å². The van der Waals surface area contributed by atoms with E-state index in [0.717, 1.165) is 0 Å². The molecule has 1 aromatic rings. The molecular formula is C14H20FNO2. The second-order valence-electron chi connectivity index (χ2n) is 4.28. The van der Waals surface area contributed by atoms with Gasteiger partial charge in [-0.2, -0.15) is 0 Å². The van der Waals surface area contributed by atoms with Gasteiger partial charge in [0.25, 0.3) is 0 Å². The molecule has 0 saturated carbocycles. The van der Waals surface area contributed by atoms with E-state index in [-0.39, 0.29) is 17.6 Å². The number of para-hydroxylation sites is 1. The van der Waals surface area contributed by atoms with E-state index >= 15 is 0 Å². The van der Waals surface area contributed by atoms with Gasteiger partial charge in [-0.3, -0.25) is 4.79 Å². The van der Waals surface area contributed by atoms with Crippen molar-refractivity contribution in [2.75, 3.05) is 25.2 Å². The maximum Gasteiger partial charge on any atom is 0.161 e. The summed E-state index contributed by atoms with van der Waals surface area (Å²) in [6, 6.07) is 4.60. The number of rotatable bonds is 6. The number of hydrogen-bond acceptors (Lipinski definition) is 3. The van der Waals surface area contributed by atoms with Crippen LogP contribution in [0.4, 0.5) is 10.1 Å². The van der Waals surface area contributed by atoms with E-state index in [1.807, 2.05) is 18.7 Å². The molecule has 100 valence electrons. The van der Waals surface area contributed by atoms with Crippen LogP contribution >= 0.6 is 0 Å². The van der Waals surface area contributed by atoms with Crippen LogP contribution in [0.5, 0.6) is 0 Å². The van der Waals surface area contributed by atoms with E-state index in [2.05, 4.69) is 0 Å². The monoisotopic (exact) mass is 253 g/mol. The summed E-state index contributed by atoms with van der Waals surface area (Å²) in [5.41, 5.74) is 0.789. The van der Waals surface area contributed by atoms with Crippen molar-refractivity contribution in [3.8, 4) is 0 Å². The van der Waals surface area contributed by atoms with Crippen LogP contribution in [-0.2, 0) is 4.74 Å². The molecule has 1 rings (SSSR count). The van der Waals surface area contributed by atoms with Gasteiger partial charge in [0, 0.05) is 25.3 Å². The zero-order valence-corrected chi connectivity index (χ0v) is 11.4. The van der Waals surface area contributed by atoms with E-state index in [4.69, 9.17) is 4.74 Å². The van der Waals surface area contributed by atoms with E-state index in [1.54, 1.807) is 19.2 Å². The highest BCUT2D eigenvalue weighted by Gasteiger charge is 2.21. The number of hydrogen-bond donors (Lipinski definition) is 0. The molecule has 0 bridgehead atoms. The first kappa shape index (κ1) is 14.6. The van der Waals surface area contributed by atoms with E-state index < -0.39 is 0 Å². The Balaban J connectivity index is 3.23. The van der Waals surface area contributed by atoms with Crippen molar-refractivity contribution in [3.63, 3.8) is 0 Å². The summed E-state index contributed by atoms with van der Waals surface area (Å²) in [4.78, 5) is 13.5. The number of likely N-dealkylation sites (N-methyl/N-ethyl adjacent to an activating group) is 1. The molecule has 18 heavy (non-hydrogen) atoms. The fourth-order valence-corrected chi connectivity index (χ4v) is 2.11. The molecule has 0 fully saturated rings. The summed E-state index contributed by atoms with van der Waals surface area (Å²) >= 11 is 0. The van der Waals surface area contributed by atoms with Crippen molar-refractivity contribution < 1.29 is 13.9 Å². The average molecular weight is 253 g/mol. The third-order valence-electron chi connectivity index (χ3n) is 2.93. The molecule has 0 aliphatic carbocycles. The quantitative estimate of drug-likeness (QED) is 0.730. The normalized spacial score (nSPS) is 12.3. The van der Waals surface area contributed by atoms with Gasteiger partial charge in [0.05, 0.1) is 12.3 Å². The molecule has 0 saturated heterocycles. The number of Topliss-reactive ketones (excluding diaryl/α,β-unsaturated/α-hetero) is 1. The largest absolute Gasteiger partial charge is 0.383 e. The molecule has 1 atom stereocenters. The highest BCUT2D eigenvalue weighted by atomic mass is 19.1. The second kappa shape index (κ2) is 6.50. The molecule has 0 N–H and O–H groups in total. The number of anilines is 1. The maximum absolute atomic E-state index is 14.0. The van der Waals surface area contributed by atoms with E-state index in [9.17, 15) is 9.18 Å². The van der Waals surface area contributed by atoms with Crippen LogP contribution in [0.1, 0.15) is 31.1 Å². The van der Waals surface area contributed by atoms with Crippen molar-refractivity contribution in [2.24, 2.45) is 0 Å². The summed E-state index contributed by atoms with van der Waals surface area (Å²) in [5.74, 6) is -0.500. The summed E-state index contributed by atoms with van der Waals surface area (Å²) in [6.07, 6.45) is 0. The van der Waals surface area contributed by atoms with Crippen LogP contribution in [0, 0.1) is 5.82 Å². The van der Waals surface area contributed by atoms with E-state index in [0.29, 0.717) is 24.4 Å². The molecule has 3 nitrogen and oxygen atoms in total. The number of halogens is 1. The minimum Gasteiger partial charge on any atom is -0.383 e. The first-order valence-corrected chi connectivity index (χ1v) is 6.07. The van der Waals surface area contributed by atoms with Crippen LogP contribution in [-0.4, -0.2) is 32.1 Å². The Hall–Kier alpha value is -1.42. The van der Waals surface area contributed by atoms with Crippen molar-refractivity contribution >= 4 is 11.5 Å². The van der Waals surface area contributed by atoms with Crippen LogP contribution in [0.3, 0.4) is 0 Å². The van der Waals surface area contributed by atoms with Gasteiger partial charge in [0.2, 0.25) is 0 Å². The van der Waals surface area contributed by atoms with Gasteiger partial charge in [0.15, 0.2) is 5.78 Å². The molecule has 0 aliphatic heterocycles. The van der Waals surface area contributed by atoms with Gasteiger partial charge in [-0.25, -0.2) is 4.39 Å². The van der Waals surface area contributed by atoms with Crippen LogP contribution in [0.25, 0.3) is 0 Å². The third kappa shape index (κ3) is 3.07. The Morgan fingerprint density at radius 3 is 2.67 bits per heavy atom. The van der Waals surface area contributed by atoms with Crippen molar-refractivity contribution in [3.05, 3.63) is 29.6 Å². The fraction of sp³-hybridized carbons (Fsp3) is 0.500. The van der Waals surface area contributed by atoms with Crippen LogP contribution in [0.15, 0.2) is 18.2 Å². The Labute approximate surface area is 108 Å². The minimum absolute atomic E-state index is 0.00926.